The molecule has 0 radical (unpaired) electrons. The van der Waals surface area contributed by atoms with Gasteiger partial charge in [0.15, 0.2) is 0 Å². The standard InChI is InChI=1S/C26H25N7O2/c1-17(2)25(34)30-20-5-3-4-18(14-20)23-24-19(8-9-27-23)15-29-26(32-24)31-21-6-7-22(28-16-21)33-10-12-35-13-11-33/h3-9,14-16H,1,10-13H2,2H3,(H,30,34)(H,29,31,32). The molecule has 0 saturated carbocycles. The van der Waals surface area contributed by atoms with Gasteiger partial charge in [-0.2, -0.15) is 0 Å². The van der Waals surface area contributed by atoms with Crippen LogP contribution in [0.2, 0.25) is 0 Å². The lowest BCUT2D eigenvalue weighted by atomic mass is 10.1. The Labute approximate surface area is 202 Å². The zero-order valence-corrected chi connectivity index (χ0v) is 19.4. The molecule has 4 heterocycles. The quantitative estimate of drug-likeness (QED) is 0.407. The molecule has 176 valence electrons. The Kier molecular flexibility index (Phi) is 6.32. The van der Waals surface area contributed by atoms with Crippen LogP contribution in [-0.4, -0.2) is 52.1 Å². The van der Waals surface area contributed by atoms with Crippen molar-refractivity contribution in [2.45, 2.75) is 6.92 Å². The summed E-state index contributed by atoms with van der Waals surface area (Å²) < 4.78 is 5.41. The van der Waals surface area contributed by atoms with E-state index in [4.69, 9.17) is 9.72 Å². The van der Waals surface area contributed by atoms with Crippen molar-refractivity contribution in [1.82, 2.24) is 19.9 Å². The van der Waals surface area contributed by atoms with E-state index in [1.807, 2.05) is 42.5 Å². The Morgan fingerprint density at radius 2 is 1.89 bits per heavy atom. The second kappa shape index (κ2) is 9.86. The van der Waals surface area contributed by atoms with E-state index in [0.717, 1.165) is 35.5 Å². The van der Waals surface area contributed by atoms with Crippen LogP contribution in [0.3, 0.4) is 0 Å². The topological polar surface area (TPSA) is 105 Å². The van der Waals surface area contributed by atoms with Gasteiger partial charge in [-0.15, -0.1) is 0 Å². The number of carbonyl (C=O) groups excluding carboxylic acids is 1. The number of benzene rings is 1. The third-order valence-electron chi connectivity index (χ3n) is 5.62. The summed E-state index contributed by atoms with van der Waals surface area (Å²) in [5, 5.41) is 6.93. The number of morpholine rings is 1. The van der Waals surface area contributed by atoms with Gasteiger partial charge in [0.1, 0.15) is 11.3 Å². The SMILES string of the molecule is C=C(C)C(=O)Nc1cccc(-c2nccc3cnc(Nc4ccc(N5CCOCC5)nc4)nc23)c1. The molecule has 1 aliphatic rings. The highest BCUT2D eigenvalue weighted by Gasteiger charge is 2.13. The molecule has 2 N–H and O–H groups in total. The summed E-state index contributed by atoms with van der Waals surface area (Å²) in [6.07, 6.45) is 5.26. The molecule has 9 nitrogen and oxygen atoms in total. The molecular formula is C26H25N7O2. The van der Waals surface area contributed by atoms with Crippen molar-refractivity contribution < 1.29 is 9.53 Å². The highest BCUT2D eigenvalue weighted by Crippen LogP contribution is 2.28. The largest absolute Gasteiger partial charge is 0.378 e. The van der Waals surface area contributed by atoms with E-state index in [0.29, 0.717) is 41.6 Å². The monoisotopic (exact) mass is 467 g/mol. The summed E-state index contributed by atoms with van der Waals surface area (Å²) in [5.74, 6) is 1.14. The molecule has 1 saturated heterocycles. The number of nitrogens with one attached hydrogen (secondary N) is 2. The fourth-order valence-corrected chi connectivity index (χ4v) is 3.78. The highest BCUT2D eigenvalue weighted by molar-refractivity contribution is 6.03. The second-order valence-corrected chi connectivity index (χ2v) is 8.24. The van der Waals surface area contributed by atoms with Gasteiger partial charge < -0.3 is 20.3 Å². The van der Waals surface area contributed by atoms with Crippen molar-refractivity contribution in [3.05, 3.63) is 73.2 Å². The number of pyridine rings is 2. The van der Waals surface area contributed by atoms with Crippen molar-refractivity contribution in [3.63, 3.8) is 0 Å². The summed E-state index contributed by atoms with van der Waals surface area (Å²) in [6, 6.07) is 13.3. The first-order valence-electron chi connectivity index (χ1n) is 11.3. The Morgan fingerprint density at radius 3 is 2.66 bits per heavy atom. The van der Waals surface area contributed by atoms with Crippen molar-refractivity contribution in [2.24, 2.45) is 0 Å². The molecule has 35 heavy (non-hydrogen) atoms. The minimum atomic E-state index is -0.227. The lowest BCUT2D eigenvalue weighted by Gasteiger charge is -2.27. The smallest absolute Gasteiger partial charge is 0.250 e. The molecule has 9 heteroatoms. The van der Waals surface area contributed by atoms with Gasteiger partial charge in [-0.25, -0.2) is 15.0 Å². The molecule has 5 rings (SSSR count). The number of amides is 1. The minimum absolute atomic E-state index is 0.227. The second-order valence-electron chi connectivity index (χ2n) is 8.24. The number of ether oxygens (including phenoxy) is 1. The first-order chi connectivity index (χ1) is 17.1. The lowest BCUT2D eigenvalue weighted by Crippen LogP contribution is -2.36. The van der Waals surface area contributed by atoms with Gasteiger partial charge in [0.25, 0.3) is 5.91 Å². The number of hydrogen-bond donors (Lipinski definition) is 2. The number of fused-ring (bicyclic) bond motifs is 1. The zero-order valence-electron chi connectivity index (χ0n) is 19.4. The predicted octanol–water partition coefficient (Wildman–Crippen LogP) is 4.18. The molecule has 0 bridgehead atoms. The van der Waals surface area contributed by atoms with Crippen LogP contribution in [0.25, 0.3) is 22.2 Å². The predicted molar refractivity (Wildman–Crippen MR) is 137 cm³/mol. The van der Waals surface area contributed by atoms with Crippen LogP contribution in [0, 0.1) is 0 Å². The lowest BCUT2D eigenvalue weighted by molar-refractivity contribution is -0.112. The normalized spacial score (nSPS) is 13.5. The van der Waals surface area contributed by atoms with Crippen molar-refractivity contribution in [1.29, 1.82) is 0 Å². The summed E-state index contributed by atoms with van der Waals surface area (Å²) in [4.78, 5) is 32.6. The molecular weight excluding hydrogens is 442 g/mol. The minimum Gasteiger partial charge on any atom is -0.378 e. The maximum Gasteiger partial charge on any atom is 0.250 e. The average Bonchev–Trinajstić information content (AvgIpc) is 2.89. The fourth-order valence-electron chi connectivity index (χ4n) is 3.78. The maximum absolute atomic E-state index is 12.0. The summed E-state index contributed by atoms with van der Waals surface area (Å²) in [7, 11) is 0. The van der Waals surface area contributed by atoms with E-state index in [1.54, 1.807) is 25.5 Å². The Hall–Kier alpha value is -4.37. The van der Waals surface area contributed by atoms with Crippen LogP contribution < -0.4 is 15.5 Å². The van der Waals surface area contributed by atoms with Gasteiger partial charge >= 0.3 is 0 Å². The van der Waals surface area contributed by atoms with Gasteiger partial charge in [0, 0.05) is 47.7 Å². The van der Waals surface area contributed by atoms with Gasteiger partial charge in [0.2, 0.25) is 5.95 Å². The number of rotatable bonds is 6. The van der Waals surface area contributed by atoms with E-state index in [2.05, 4.69) is 37.1 Å². The molecule has 1 amide bonds. The Balaban J connectivity index is 1.41. The maximum atomic E-state index is 12.0. The molecule has 4 aromatic rings. The van der Waals surface area contributed by atoms with E-state index < -0.39 is 0 Å². The molecule has 0 unspecified atom stereocenters. The molecule has 1 aromatic carbocycles. The highest BCUT2D eigenvalue weighted by atomic mass is 16.5. The van der Waals surface area contributed by atoms with Crippen LogP contribution in [0.5, 0.6) is 0 Å². The van der Waals surface area contributed by atoms with Gasteiger partial charge in [-0.1, -0.05) is 18.7 Å². The van der Waals surface area contributed by atoms with Crippen molar-refractivity contribution in [3.8, 4) is 11.3 Å². The summed E-state index contributed by atoms with van der Waals surface area (Å²) in [5.41, 5.74) is 4.11. The van der Waals surface area contributed by atoms with Gasteiger partial charge in [0.05, 0.1) is 30.8 Å². The van der Waals surface area contributed by atoms with Crippen LogP contribution in [0.15, 0.2) is 73.2 Å². The third-order valence-corrected chi connectivity index (χ3v) is 5.62. The van der Waals surface area contributed by atoms with E-state index in [-0.39, 0.29) is 5.91 Å². The molecule has 0 atom stereocenters. The number of nitrogens with zero attached hydrogens (tertiary/aromatic N) is 5. The number of carbonyl (C=O) groups is 1. The first kappa shape index (κ1) is 22.4. The number of aromatic nitrogens is 4. The third kappa shape index (κ3) is 5.10. The number of hydrogen-bond acceptors (Lipinski definition) is 8. The molecule has 0 aliphatic carbocycles. The number of anilines is 4. The van der Waals surface area contributed by atoms with E-state index in [9.17, 15) is 4.79 Å². The summed E-state index contributed by atoms with van der Waals surface area (Å²) in [6.45, 7) is 8.45. The molecule has 1 aliphatic heterocycles. The van der Waals surface area contributed by atoms with Crippen LogP contribution in [-0.2, 0) is 9.53 Å². The molecule has 1 fully saturated rings. The average molecular weight is 468 g/mol. The summed E-state index contributed by atoms with van der Waals surface area (Å²) >= 11 is 0. The van der Waals surface area contributed by atoms with Gasteiger partial charge in [-0.05, 0) is 37.3 Å². The van der Waals surface area contributed by atoms with Crippen LogP contribution >= 0.6 is 0 Å². The fraction of sp³-hybridized carbons (Fsp3) is 0.192. The first-order valence-corrected chi connectivity index (χ1v) is 11.3. The van der Waals surface area contributed by atoms with E-state index in [1.165, 1.54) is 0 Å². The molecule has 3 aromatic heterocycles. The van der Waals surface area contributed by atoms with Crippen LogP contribution in [0.4, 0.5) is 23.1 Å². The van der Waals surface area contributed by atoms with Crippen LogP contribution in [0.1, 0.15) is 6.92 Å². The van der Waals surface area contributed by atoms with E-state index >= 15 is 0 Å². The Bertz CT molecular complexity index is 1380. The molecule has 0 spiro atoms. The van der Waals surface area contributed by atoms with Crippen molar-refractivity contribution in [2.75, 3.05) is 41.8 Å². The zero-order chi connectivity index (χ0) is 24.2. The van der Waals surface area contributed by atoms with Gasteiger partial charge in [-0.3, -0.25) is 9.78 Å². The van der Waals surface area contributed by atoms with Crippen molar-refractivity contribution >= 4 is 40.0 Å². The Morgan fingerprint density at radius 1 is 1.03 bits per heavy atom.